The van der Waals surface area contributed by atoms with Crippen LogP contribution in [0, 0.1) is 0 Å². The molecular weight excluding hydrogens is 778 g/mol. The maximum Gasteiger partial charge on any atom is 0.249 e. The van der Waals surface area contributed by atoms with Crippen LogP contribution in [0.25, 0.3) is 11.0 Å². The molecule has 292 valence electrons. The average Bonchev–Trinajstić information content (AvgIpc) is 3.36. The second-order valence-corrected chi connectivity index (χ2v) is 20.5. The standard InChI is InChI=1S/C56H38B2N4Si/c1-5-20-39(21-6-1)57-43-28-13-17-33-48(43)62(49-34-19-31-46-55(49)60-37-36-59-46)50-38-52-54-56(53(50)57)61(40-22-7-2-8-23-40)47-32-16-14-29-44(47)58(54)45-30-15-18-35-51(45)63(52,41-24-9-3-10-25-41)42-26-11-4-12-27-42/h1-38H. The van der Waals surface area contributed by atoms with E-state index in [-0.39, 0.29) is 13.4 Å². The van der Waals surface area contributed by atoms with Crippen LogP contribution in [-0.2, 0) is 0 Å². The summed E-state index contributed by atoms with van der Waals surface area (Å²) in [6, 6.07) is 81.8. The molecule has 0 spiro atoms. The molecule has 0 amide bonds. The number of benzene rings is 9. The van der Waals surface area contributed by atoms with Crippen molar-refractivity contribution in [3.63, 3.8) is 0 Å². The molecule has 7 heteroatoms. The lowest BCUT2D eigenvalue weighted by Crippen LogP contribution is -2.88. The minimum Gasteiger partial charge on any atom is -0.312 e. The van der Waals surface area contributed by atoms with E-state index in [4.69, 9.17) is 9.97 Å². The fourth-order valence-electron chi connectivity index (χ4n) is 11.4. The molecule has 4 nitrogen and oxygen atoms in total. The van der Waals surface area contributed by atoms with Crippen molar-refractivity contribution >= 4 is 120 Å². The average molecular weight is 817 g/mol. The van der Waals surface area contributed by atoms with Crippen LogP contribution in [0.2, 0.25) is 0 Å². The number of anilines is 6. The summed E-state index contributed by atoms with van der Waals surface area (Å²) in [7, 11) is -3.10. The normalized spacial score (nSPS) is 14.0. The third-order valence-electron chi connectivity index (χ3n) is 13.7. The van der Waals surface area contributed by atoms with E-state index >= 15 is 0 Å². The van der Waals surface area contributed by atoms with Crippen molar-refractivity contribution in [3.05, 3.63) is 231 Å². The summed E-state index contributed by atoms with van der Waals surface area (Å²) in [6.07, 6.45) is 3.62. The fourth-order valence-corrected chi connectivity index (χ4v) is 16.7. The topological polar surface area (TPSA) is 32.3 Å². The lowest BCUT2D eigenvalue weighted by atomic mass is 9.30. The van der Waals surface area contributed by atoms with Gasteiger partial charge in [0.1, 0.15) is 5.52 Å². The van der Waals surface area contributed by atoms with Gasteiger partial charge in [-0.25, -0.2) is 0 Å². The first-order chi connectivity index (χ1) is 31.3. The van der Waals surface area contributed by atoms with Crippen molar-refractivity contribution in [2.24, 2.45) is 0 Å². The summed E-state index contributed by atoms with van der Waals surface area (Å²) >= 11 is 0. The maximum absolute atomic E-state index is 5.07. The number of nitrogens with zero attached hydrogens (tertiary/aromatic N) is 4. The molecule has 0 saturated heterocycles. The van der Waals surface area contributed by atoms with Crippen molar-refractivity contribution in [2.45, 2.75) is 0 Å². The van der Waals surface area contributed by atoms with Crippen LogP contribution < -0.4 is 63.3 Å². The molecule has 13 rings (SSSR count). The SMILES string of the molecule is c1ccc(B2c3ccccc3N(c3cccc4nccnc34)c3cc4c5c(c32)N(c2ccccc2)c2ccccc2B5c2ccccc2[Si]4(c2ccccc2)c2ccccc2)cc1. The molecule has 0 N–H and O–H groups in total. The molecule has 0 aliphatic carbocycles. The highest BCUT2D eigenvalue weighted by Crippen LogP contribution is 2.44. The predicted octanol–water partition coefficient (Wildman–Crippen LogP) is 5.92. The first-order valence-corrected chi connectivity index (χ1v) is 23.8. The summed E-state index contributed by atoms with van der Waals surface area (Å²) in [6.45, 7) is -0.0972. The van der Waals surface area contributed by atoms with Crippen LogP contribution >= 0.6 is 0 Å². The molecule has 0 fully saturated rings. The molecule has 9 aromatic carbocycles. The molecule has 0 atom stereocenters. The molecule has 0 radical (unpaired) electrons. The Kier molecular flexibility index (Phi) is 8.09. The van der Waals surface area contributed by atoms with Crippen LogP contribution in [0.4, 0.5) is 34.1 Å². The smallest absolute Gasteiger partial charge is 0.249 e. The van der Waals surface area contributed by atoms with Gasteiger partial charge in [-0.2, -0.15) is 0 Å². The Bertz CT molecular complexity index is 3340. The Morgan fingerprint density at radius 2 is 0.921 bits per heavy atom. The van der Waals surface area contributed by atoms with Crippen LogP contribution in [0.5, 0.6) is 0 Å². The number of hydrogen-bond donors (Lipinski definition) is 0. The second kappa shape index (κ2) is 14.2. The number of rotatable bonds is 5. The van der Waals surface area contributed by atoms with Gasteiger partial charge in [-0.3, -0.25) is 9.97 Å². The highest BCUT2D eigenvalue weighted by atomic mass is 28.3. The van der Waals surface area contributed by atoms with Crippen LogP contribution in [-0.4, -0.2) is 31.5 Å². The van der Waals surface area contributed by atoms with E-state index in [2.05, 4.69) is 228 Å². The second-order valence-electron chi connectivity index (χ2n) is 16.8. The van der Waals surface area contributed by atoms with Gasteiger partial charge in [0, 0.05) is 40.8 Å². The van der Waals surface area contributed by atoms with E-state index in [1.54, 1.807) is 6.20 Å². The highest BCUT2D eigenvalue weighted by Gasteiger charge is 2.55. The van der Waals surface area contributed by atoms with Crippen molar-refractivity contribution in [1.29, 1.82) is 0 Å². The Morgan fingerprint density at radius 1 is 0.381 bits per heavy atom. The fraction of sp³-hybridized carbons (Fsp3) is 0. The zero-order valence-corrected chi connectivity index (χ0v) is 35.4. The van der Waals surface area contributed by atoms with Gasteiger partial charge >= 0.3 is 0 Å². The minimum absolute atomic E-state index is 0.00817. The summed E-state index contributed by atoms with van der Waals surface area (Å²) in [5.74, 6) is 0. The van der Waals surface area contributed by atoms with E-state index < -0.39 is 8.07 Å². The van der Waals surface area contributed by atoms with Crippen LogP contribution in [0.1, 0.15) is 0 Å². The Hall–Kier alpha value is -7.73. The Balaban J connectivity index is 1.30. The molecule has 0 saturated carbocycles. The number of fused-ring (bicyclic) bond motifs is 8. The Labute approximate surface area is 369 Å². The van der Waals surface area contributed by atoms with Gasteiger partial charge in [0.25, 0.3) is 0 Å². The number of aromatic nitrogens is 2. The maximum atomic E-state index is 5.07. The zero-order chi connectivity index (χ0) is 41.5. The molecule has 0 unspecified atom stereocenters. The predicted molar refractivity (Wildman–Crippen MR) is 268 cm³/mol. The van der Waals surface area contributed by atoms with Crippen molar-refractivity contribution in [3.8, 4) is 0 Å². The van der Waals surface area contributed by atoms with Gasteiger partial charge < -0.3 is 9.80 Å². The lowest BCUT2D eigenvalue weighted by molar-refractivity contribution is 1.24. The molecule has 4 heterocycles. The third-order valence-corrected chi connectivity index (χ3v) is 18.6. The van der Waals surface area contributed by atoms with Gasteiger partial charge in [0.15, 0.2) is 8.07 Å². The third kappa shape index (κ3) is 5.11. The van der Waals surface area contributed by atoms with E-state index in [1.807, 2.05) is 6.20 Å². The molecule has 63 heavy (non-hydrogen) atoms. The van der Waals surface area contributed by atoms with Gasteiger partial charge in [0.05, 0.1) is 11.2 Å². The van der Waals surface area contributed by atoms with Crippen LogP contribution in [0.15, 0.2) is 231 Å². The minimum atomic E-state index is -3.10. The molecule has 1 aromatic heterocycles. The molecule has 3 aliphatic rings. The van der Waals surface area contributed by atoms with Crippen molar-refractivity contribution < 1.29 is 0 Å². The first kappa shape index (κ1) is 36.0. The van der Waals surface area contributed by atoms with Gasteiger partial charge in [0.2, 0.25) is 13.4 Å². The number of hydrogen-bond acceptors (Lipinski definition) is 4. The molecular formula is C56H38B2N4Si. The van der Waals surface area contributed by atoms with E-state index in [0.717, 1.165) is 33.8 Å². The van der Waals surface area contributed by atoms with Crippen molar-refractivity contribution in [2.75, 3.05) is 9.80 Å². The quantitative estimate of drug-likeness (QED) is 0.202. The molecule has 3 aliphatic heterocycles. The summed E-state index contributed by atoms with van der Waals surface area (Å²) in [5, 5.41) is 5.59. The zero-order valence-electron chi connectivity index (χ0n) is 34.4. The van der Waals surface area contributed by atoms with Gasteiger partial charge in [-0.1, -0.05) is 187 Å². The van der Waals surface area contributed by atoms with Gasteiger partial charge in [-0.05, 0) is 85.1 Å². The van der Waals surface area contributed by atoms with E-state index in [0.29, 0.717) is 0 Å². The Morgan fingerprint density at radius 3 is 1.62 bits per heavy atom. The van der Waals surface area contributed by atoms with E-state index in [9.17, 15) is 0 Å². The van der Waals surface area contributed by atoms with Crippen molar-refractivity contribution in [1.82, 2.24) is 9.97 Å². The monoisotopic (exact) mass is 816 g/mol. The largest absolute Gasteiger partial charge is 0.312 e. The first-order valence-electron chi connectivity index (χ1n) is 21.8. The number of para-hydroxylation sites is 4. The summed E-state index contributed by atoms with van der Waals surface area (Å²) in [5.41, 5.74) is 16.6. The van der Waals surface area contributed by atoms with E-state index in [1.165, 1.54) is 64.9 Å². The highest BCUT2D eigenvalue weighted by molar-refractivity contribution is 7.27. The van der Waals surface area contributed by atoms with Gasteiger partial charge in [-0.15, -0.1) is 0 Å². The van der Waals surface area contributed by atoms with Crippen LogP contribution in [0.3, 0.4) is 0 Å². The summed E-state index contributed by atoms with van der Waals surface area (Å²) in [4.78, 5) is 15.0. The molecule has 0 bridgehead atoms. The molecule has 10 aromatic rings. The summed E-state index contributed by atoms with van der Waals surface area (Å²) < 4.78 is 0. The lowest BCUT2D eigenvalue weighted by Gasteiger charge is -2.50.